The quantitative estimate of drug-likeness (QED) is 0.884. The smallest absolute Gasteiger partial charge is 0.374 e. The van der Waals surface area contributed by atoms with E-state index < -0.39 is 29.3 Å². The molecule has 0 aliphatic carbocycles. The van der Waals surface area contributed by atoms with Gasteiger partial charge in [0.05, 0.1) is 11.1 Å². The van der Waals surface area contributed by atoms with Crippen LogP contribution in [0.25, 0.3) is 0 Å². The first-order valence-electron chi connectivity index (χ1n) is 6.86. The van der Waals surface area contributed by atoms with Gasteiger partial charge in [0, 0.05) is 23.4 Å². The van der Waals surface area contributed by atoms with Crippen LogP contribution in [0, 0.1) is 6.92 Å². The van der Waals surface area contributed by atoms with Crippen molar-refractivity contribution in [3.05, 3.63) is 57.3 Å². The zero-order valence-electron chi connectivity index (χ0n) is 12.6. The summed E-state index contributed by atoms with van der Waals surface area (Å²) >= 11 is 1.52. The monoisotopic (exact) mass is 343 g/mol. The average molecular weight is 343 g/mol. The molecule has 0 aliphatic heterocycles. The van der Waals surface area contributed by atoms with Crippen LogP contribution in [0.15, 0.2) is 36.4 Å². The van der Waals surface area contributed by atoms with Crippen LogP contribution in [0.4, 0.5) is 13.2 Å². The molecule has 0 aliphatic rings. The number of hydrogen-bond donors (Lipinski definition) is 1. The minimum Gasteiger partial charge on any atom is -0.374 e. The van der Waals surface area contributed by atoms with E-state index in [9.17, 15) is 18.0 Å². The van der Waals surface area contributed by atoms with Gasteiger partial charge < -0.3 is 10.1 Å². The zero-order chi connectivity index (χ0) is 17.0. The van der Waals surface area contributed by atoms with E-state index in [4.69, 9.17) is 4.74 Å². The van der Waals surface area contributed by atoms with Crippen molar-refractivity contribution in [2.24, 2.45) is 0 Å². The van der Waals surface area contributed by atoms with Crippen LogP contribution in [0.1, 0.15) is 31.8 Å². The maximum atomic E-state index is 12.9. The second-order valence-electron chi connectivity index (χ2n) is 4.93. The second kappa shape index (κ2) is 7.14. The van der Waals surface area contributed by atoms with Gasteiger partial charge in [0.2, 0.25) is 0 Å². The molecule has 1 heterocycles. The lowest BCUT2D eigenvalue weighted by Crippen LogP contribution is -2.30. The number of carbonyl (C=O) groups excluding carboxylic acids is 1. The third-order valence-corrected chi connectivity index (χ3v) is 4.38. The zero-order valence-corrected chi connectivity index (χ0v) is 13.4. The Balaban J connectivity index is 2.11. The molecule has 1 N–H and O–H groups in total. The molecule has 0 bridgehead atoms. The van der Waals surface area contributed by atoms with Crippen molar-refractivity contribution in [2.75, 3.05) is 13.7 Å². The number of alkyl halides is 3. The van der Waals surface area contributed by atoms with Crippen molar-refractivity contribution in [1.82, 2.24) is 5.32 Å². The predicted molar refractivity (Wildman–Crippen MR) is 82.6 cm³/mol. The number of carbonyl (C=O) groups is 1. The summed E-state index contributed by atoms with van der Waals surface area (Å²) in [5.41, 5.74) is -1.34. The van der Waals surface area contributed by atoms with Gasteiger partial charge in [-0.3, -0.25) is 4.79 Å². The summed E-state index contributed by atoms with van der Waals surface area (Å²) in [6, 6.07) is 8.52. The Kier molecular flexibility index (Phi) is 5.43. The Labute approximate surface area is 136 Å². The second-order valence-corrected chi connectivity index (χ2v) is 6.25. The number of halogens is 3. The number of aryl methyl sites for hydroxylation is 1. The molecule has 0 radical (unpaired) electrons. The van der Waals surface area contributed by atoms with Gasteiger partial charge in [-0.2, -0.15) is 13.2 Å². The average Bonchev–Trinajstić information content (AvgIpc) is 2.93. The van der Waals surface area contributed by atoms with Crippen molar-refractivity contribution in [2.45, 2.75) is 19.2 Å². The number of methoxy groups -OCH3 is 1. The number of ether oxygens (including phenoxy) is 1. The van der Waals surface area contributed by atoms with Crippen molar-refractivity contribution >= 4 is 17.2 Å². The van der Waals surface area contributed by atoms with Gasteiger partial charge in [-0.05, 0) is 31.2 Å². The van der Waals surface area contributed by atoms with E-state index in [1.165, 1.54) is 30.6 Å². The third kappa shape index (κ3) is 4.33. The summed E-state index contributed by atoms with van der Waals surface area (Å²) in [6.45, 7) is 2.04. The topological polar surface area (TPSA) is 38.3 Å². The van der Waals surface area contributed by atoms with Gasteiger partial charge in [-0.15, -0.1) is 11.3 Å². The molecule has 0 saturated heterocycles. The number of nitrogens with one attached hydrogen (secondary N) is 1. The van der Waals surface area contributed by atoms with Gasteiger partial charge >= 0.3 is 6.18 Å². The van der Waals surface area contributed by atoms with Gasteiger partial charge in [-0.25, -0.2) is 0 Å². The molecule has 2 aromatic rings. The molecule has 1 amide bonds. The summed E-state index contributed by atoms with van der Waals surface area (Å²) in [5.74, 6) is -0.770. The van der Waals surface area contributed by atoms with E-state index in [1.807, 2.05) is 19.1 Å². The standard InChI is InChI=1S/C16H16F3NO2S/c1-10-7-8-14(23-10)13(22-2)9-20-15(21)11-5-3-4-6-12(11)16(17,18)19/h3-8,13H,9H2,1-2H3,(H,20,21)/t13-/m0/s1. The lowest BCUT2D eigenvalue weighted by atomic mass is 10.1. The Bertz CT molecular complexity index is 682. The van der Waals surface area contributed by atoms with Crippen LogP contribution in [-0.4, -0.2) is 19.6 Å². The van der Waals surface area contributed by atoms with Crippen LogP contribution >= 0.6 is 11.3 Å². The highest BCUT2D eigenvalue weighted by atomic mass is 32.1. The summed E-state index contributed by atoms with van der Waals surface area (Å²) in [4.78, 5) is 14.1. The highest BCUT2D eigenvalue weighted by Crippen LogP contribution is 2.32. The third-order valence-electron chi connectivity index (χ3n) is 3.29. The highest BCUT2D eigenvalue weighted by molar-refractivity contribution is 7.12. The van der Waals surface area contributed by atoms with Crippen LogP contribution in [0.2, 0.25) is 0 Å². The maximum Gasteiger partial charge on any atom is 0.417 e. The molecular weight excluding hydrogens is 327 g/mol. The SMILES string of the molecule is CO[C@@H](CNC(=O)c1ccccc1C(F)(F)F)c1ccc(C)s1. The fourth-order valence-corrected chi connectivity index (χ4v) is 3.09. The normalized spacial score (nSPS) is 12.9. The Morgan fingerprint density at radius 3 is 2.52 bits per heavy atom. The number of rotatable bonds is 5. The van der Waals surface area contributed by atoms with Gasteiger partial charge in [0.15, 0.2) is 0 Å². The number of benzene rings is 1. The van der Waals surface area contributed by atoms with E-state index in [0.717, 1.165) is 21.9 Å². The molecule has 1 aromatic heterocycles. The van der Waals surface area contributed by atoms with E-state index in [2.05, 4.69) is 5.32 Å². The van der Waals surface area contributed by atoms with Crippen molar-refractivity contribution in [1.29, 1.82) is 0 Å². The van der Waals surface area contributed by atoms with Crippen LogP contribution in [-0.2, 0) is 10.9 Å². The Morgan fingerprint density at radius 2 is 1.96 bits per heavy atom. The summed E-state index contributed by atoms with van der Waals surface area (Å²) in [7, 11) is 1.50. The van der Waals surface area contributed by atoms with Crippen LogP contribution in [0.3, 0.4) is 0 Å². The maximum absolute atomic E-state index is 12.9. The first kappa shape index (κ1) is 17.5. The molecular formula is C16H16F3NO2S. The molecule has 7 heteroatoms. The predicted octanol–water partition coefficient (Wildman–Crippen LogP) is 4.19. The number of thiophene rings is 1. The van der Waals surface area contributed by atoms with E-state index >= 15 is 0 Å². The lowest BCUT2D eigenvalue weighted by molar-refractivity contribution is -0.137. The first-order valence-corrected chi connectivity index (χ1v) is 7.68. The fraction of sp³-hybridized carbons (Fsp3) is 0.312. The van der Waals surface area contributed by atoms with Crippen molar-refractivity contribution in [3.63, 3.8) is 0 Å². The molecule has 124 valence electrons. The summed E-state index contributed by atoms with van der Waals surface area (Å²) < 4.78 is 44.1. The van der Waals surface area contributed by atoms with E-state index in [0.29, 0.717) is 0 Å². The Morgan fingerprint density at radius 1 is 1.26 bits per heavy atom. The molecule has 23 heavy (non-hydrogen) atoms. The van der Waals surface area contributed by atoms with Crippen molar-refractivity contribution in [3.8, 4) is 0 Å². The summed E-state index contributed by atoms with van der Waals surface area (Å²) in [6.07, 6.45) is -4.96. The largest absolute Gasteiger partial charge is 0.417 e. The van der Waals surface area contributed by atoms with E-state index in [-0.39, 0.29) is 6.54 Å². The van der Waals surface area contributed by atoms with Gasteiger partial charge in [0.25, 0.3) is 5.91 Å². The fourth-order valence-electron chi connectivity index (χ4n) is 2.14. The number of amides is 1. The van der Waals surface area contributed by atoms with Gasteiger partial charge in [0.1, 0.15) is 6.10 Å². The number of hydrogen-bond acceptors (Lipinski definition) is 3. The molecule has 0 unspecified atom stereocenters. The molecule has 1 aromatic carbocycles. The van der Waals surface area contributed by atoms with Crippen molar-refractivity contribution < 1.29 is 22.7 Å². The minimum atomic E-state index is -4.57. The molecule has 0 spiro atoms. The van der Waals surface area contributed by atoms with Crippen LogP contribution < -0.4 is 5.32 Å². The first-order chi connectivity index (χ1) is 10.8. The minimum absolute atomic E-state index is 0.0987. The summed E-state index contributed by atoms with van der Waals surface area (Å²) in [5, 5.41) is 2.51. The molecule has 3 nitrogen and oxygen atoms in total. The lowest BCUT2D eigenvalue weighted by Gasteiger charge is -2.16. The molecule has 0 fully saturated rings. The molecule has 2 rings (SSSR count). The van der Waals surface area contributed by atoms with E-state index in [1.54, 1.807) is 0 Å². The van der Waals surface area contributed by atoms with Crippen LogP contribution in [0.5, 0.6) is 0 Å². The Hall–Kier alpha value is -1.86. The molecule has 1 atom stereocenters. The van der Waals surface area contributed by atoms with Gasteiger partial charge in [-0.1, -0.05) is 12.1 Å². The highest BCUT2D eigenvalue weighted by Gasteiger charge is 2.34. The molecule has 0 saturated carbocycles.